The van der Waals surface area contributed by atoms with E-state index in [0.717, 1.165) is 23.7 Å². The van der Waals surface area contributed by atoms with Crippen LogP contribution in [-0.4, -0.2) is 44.5 Å². The highest BCUT2D eigenvalue weighted by Gasteiger charge is 2.29. The maximum absolute atomic E-state index is 12.4. The lowest BCUT2D eigenvalue weighted by Gasteiger charge is -2.04. The third-order valence-corrected chi connectivity index (χ3v) is 3.91. The number of nitrogens with one attached hydrogen (secondary N) is 1. The van der Waals surface area contributed by atoms with Gasteiger partial charge >= 0.3 is 12.1 Å². The van der Waals surface area contributed by atoms with Crippen molar-refractivity contribution in [3.05, 3.63) is 47.4 Å². The van der Waals surface area contributed by atoms with Gasteiger partial charge in [0, 0.05) is 22.7 Å². The van der Waals surface area contributed by atoms with Gasteiger partial charge in [0.05, 0.1) is 6.20 Å². The molecule has 0 aliphatic carbocycles. The molecule has 0 spiro atoms. The SMILES string of the molecule is CCc1cccc2c(C(=O)COC(=O)c3cn(CC(F)(F)F)nn3)c[nH]c12. The van der Waals surface area contributed by atoms with Crippen LogP contribution in [-0.2, 0) is 17.7 Å². The van der Waals surface area contributed by atoms with E-state index in [9.17, 15) is 22.8 Å². The van der Waals surface area contributed by atoms with Crippen molar-refractivity contribution in [2.45, 2.75) is 26.1 Å². The van der Waals surface area contributed by atoms with Crippen LogP contribution in [0.5, 0.6) is 0 Å². The van der Waals surface area contributed by atoms with Crippen molar-refractivity contribution >= 4 is 22.7 Å². The Morgan fingerprint density at radius 3 is 2.78 bits per heavy atom. The number of benzene rings is 1. The third-order valence-electron chi connectivity index (χ3n) is 3.91. The number of para-hydroxylation sites is 1. The van der Waals surface area contributed by atoms with Gasteiger partial charge in [-0.2, -0.15) is 13.2 Å². The lowest BCUT2D eigenvalue weighted by Crippen LogP contribution is -2.18. The molecule has 0 amide bonds. The number of ketones is 1. The summed E-state index contributed by atoms with van der Waals surface area (Å²) in [6, 6.07) is 5.55. The fourth-order valence-corrected chi connectivity index (χ4v) is 2.68. The molecule has 0 radical (unpaired) electrons. The average Bonchev–Trinajstić information content (AvgIpc) is 3.24. The predicted octanol–water partition coefficient (Wildman–Crippen LogP) is 2.92. The monoisotopic (exact) mass is 380 g/mol. The molecule has 0 fully saturated rings. The smallest absolute Gasteiger partial charge is 0.408 e. The molecule has 1 N–H and O–H groups in total. The van der Waals surface area contributed by atoms with Crippen LogP contribution in [0, 0.1) is 0 Å². The number of ether oxygens (including phenoxy) is 1. The summed E-state index contributed by atoms with van der Waals surface area (Å²) < 4.78 is 42.2. The van der Waals surface area contributed by atoms with E-state index >= 15 is 0 Å². The Hall–Kier alpha value is -3.17. The summed E-state index contributed by atoms with van der Waals surface area (Å²) in [5.41, 5.74) is 1.85. The van der Waals surface area contributed by atoms with Gasteiger partial charge in [0.2, 0.25) is 5.78 Å². The first-order valence-electron chi connectivity index (χ1n) is 8.04. The Labute approximate surface area is 151 Å². The summed E-state index contributed by atoms with van der Waals surface area (Å²) >= 11 is 0. The van der Waals surface area contributed by atoms with Gasteiger partial charge in [0.25, 0.3) is 0 Å². The van der Waals surface area contributed by atoms with Gasteiger partial charge in [-0.05, 0) is 12.0 Å². The van der Waals surface area contributed by atoms with E-state index in [2.05, 4.69) is 15.3 Å². The largest absolute Gasteiger partial charge is 0.452 e. The number of fused-ring (bicyclic) bond motifs is 1. The molecule has 3 rings (SSSR count). The van der Waals surface area contributed by atoms with Crippen LogP contribution in [0.3, 0.4) is 0 Å². The second-order valence-corrected chi connectivity index (χ2v) is 5.81. The van der Waals surface area contributed by atoms with E-state index in [1.165, 1.54) is 0 Å². The predicted molar refractivity (Wildman–Crippen MR) is 88.4 cm³/mol. The fraction of sp³-hybridized carbons (Fsp3) is 0.294. The highest BCUT2D eigenvalue weighted by atomic mass is 19.4. The van der Waals surface area contributed by atoms with Gasteiger partial charge in [-0.1, -0.05) is 30.3 Å². The maximum Gasteiger partial charge on any atom is 0.408 e. The molecule has 2 heterocycles. The summed E-state index contributed by atoms with van der Waals surface area (Å²) in [6.07, 6.45) is -1.34. The topological polar surface area (TPSA) is 89.9 Å². The Morgan fingerprint density at radius 1 is 1.30 bits per heavy atom. The van der Waals surface area contributed by atoms with Gasteiger partial charge in [-0.15, -0.1) is 5.10 Å². The number of alkyl halides is 3. The Balaban J connectivity index is 1.67. The molecule has 0 aliphatic rings. The number of halogens is 3. The second kappa shape index (κ2) is 7.22. The lowest BCUT2D eigenvalue weighted by molar-refractivity contribution is -0.142. The number of hydrogen-bond donors (Lipinski definition) is 1. The molecule has 0 bridgehead atoms. The molecular formula is C17H15F3N4O3. The number of carbonyl (C=O) groups is 2. The van der Waals surface area contributed by atoms with Gasteiger partial charge < -0.3 is 9.72 Å². The van der Waals surface area contributed by atoms with E-state index in [1.807, 2.05) is 19.1 Å². The third kappa shape index (κ3) is 4.15. The Morgan fingerprint density at radius 2 is 2.07 bits per heavy atom. The maximum atomic E-state index is 12.4. The number of carbonyl (C=O) groups excluding carboxylic acids is 2. The van der Waals surface area contributed by atoms with Crippen molar-refractivity contribution in [2.75, 3.05) is 6.61 Å². The molecule has 0 saturated carbocycles. The first kappa shape index (κ1) is 18.6. The van der Waals surface area contributed by atoms with E-state index < -0.39 is 36.8 Å². The van der Waals surface area contributed by atoms with Crippen LogP contribution >= 0.6 is 0 Å². The molecule has 2 aromatic heterocycles. The quantitative estimate of drug-likeness (QED) is 0.525. The number of aromatic amines is 1. The minimum absolute atomic E-state index is 0.369. The summed E-state index contributed by atoms with van der Waals surface area (Å²) in [5, 5.41) is 7.26. The molecule has 7 nitrogen and oxygen atoms in total. The van der Waals surface area contributed by atoms with E-state index in [1.54, 1.807) is 12.3 Å². The van der Waals surface area contributed by atoms with Crippen molar-refractivity contribution in [3.8, 4) is 0 Å². The van der Waals surface area contributed by atoms with E-state index in [-0.39, 0.29) is 0 Å². The molecule has 3 aromatic rings. The molecule has 1 aromatic carbocycles. The highest BCUT2D eigenvalue weighted by molar-refractivity contribution is 6.09. The first-order chi connectivity index (χ1) is 12.8. The van der Waals surface area contributed by atoms with Crippen LogP contribution in [0.25, 0.3) is 10.9 Å². The summed E-state index contributed by atoms with van der Waals surface area (Å²) in [6.45, 7) is 0.0560. The highest BCUT2D eigenvalue weighted by Crippen LogP contribution is 2.23. The van der Waals surface area contributed by atoms with Crippen LogP contribution in [0.15, 0.2) is 30.6 Å². The minimum atomic E-state index is -4.49. The van der Waals surface area contributed by atoms with Crippen LogP contribution in [0.1, 0.15) is 33.3 Å². The fourth-order valence-electron chi connectivity index (χ4n) is 2.68. The molecule has 142 valence electrons. The number of Topliss-reactive ketones (excluding diaryl/α,β-unsaturated/α-hetero) is 1. The molecule has 27 heavy (non-hydrogen) atoms. The van der Waals surface area contributed by atoms with Crippen LogP contribution < -0.4 is 0 Å². The number of aromatic nitrogens is 4. The van der Waals surface area contributed by atoms with Gasteiger partial charge in [-0.25, -0.2) is 9.48 Å². The molecular weight excluding hydrogens is 365 g/mol. The minimum Gasteiger partial charge on any atom is -0.452 e. The summed E-state index contributed by atoms with van der Waals surface area (Å²) in [4.78, 5) is 27.3. The average molecular weight is 380 g/mol. The summed E-state index contributed by atoms with van der Waals surface area (Å²) in [7, 11) is 0. The van der Waals surface area contributed by atoms with Gasteiger partial charge in [0.1, 0.15) is 6.54 Å². The van der Waals surface area contributed by atoms with E-state index in [4.69, 9.17) is 4.74 Å². The number of aryl methyl sites for hydroxylation is 1. The van der Waals surface area contributed by atoms with Crippen molar-refractivity contribution in [1.82, 2.24) is 20.0 Å². The zero-order valence-electron chi connectivity index (χ0n) is 14.2. The number of nitrogens with zero attached hydrogens (tertiary/aromatic N) is 3. The molecule has 0 atom stereocenters. The number of hydrogen-bond acceptors (Lipinski definition) is 5. The molecule has 0 unspecified atom stereocenters. The summed E-state index contributed by atoms with van der Waals surface area (Å²) in [5.74, 6) is -1.46. The normalized spacial score (nSPS) is 11.7. The second-order valence-electron chi connectivity index (χ2n) is 5.81. The van der Waals surface area contributed by atoms with Crippen molar-refractivity contribution < 1.29 is 27.5 Å². The molecule has 0 saturated heterocycles. The zero-order valence-corrected chi connectivity index (χ0v) is 14.2. The van der Waals surface area contributed by atoms with Gasteiger partial charge in [-0.3, -0.25) is 4.79 Å². The van der Waals surface area contributed by atoms with Crippen molar-refractivity contribution in [3.63, 3.8) is 0 Å². The lowest BCUT2D eigenvalue weighted by atomic mass is 10.1. The molecule has 10 heteroatoms. The van der Waals surface area contributed by atoms with Crippen LogP contribution in [0.2, 0.25) is 0 Å². The Bertz CT molecular complexity index is 991. The molecule has 0 aliphatic heterocycles. The number of esters is 1. The zero-order chi connectivity index (χ0) is 19.6. The number of rotatable bonds is 6. The van der Waals surface area contributed by atoms with E-state index in [0.29, 0.717) is 15.6 Å². The number of H-pyrrole nitrogens is 1. The van der Waals surface area contributed by atoms with Gasteiger partial charge in [0.15, 0.2) is 12.3 Å². The van der Waals surface area contributed by atoms with Crippen LogP contribution in [0.4, 0.5) is 13.2 Å². The standard InChI is InChI=1S/C17H15F3N4O3/c1-2-10-4-3-5-11-12(6-21-15(10)11)14(25)8-27-16(26)13-7-24(23-22-13)9-17(18,19)20/h3-7,21H,2,8-9H2,1H3. The van der Waals surface area contributed by atoms with Crippen molar-refractivity contribution in [1.29, 1.82) is 0 Å². The van der Waals surface area contributed by atoms with Crippen molar-refractivity contribution in [2.24, 2.45) is 0 Å². The Kier molecular flexibility index (Phi) is 4.98. The first-order valence-corrected chi connectivity index (χ1v) is 8.04.